The zero-order valence-electron chi connectivity index (χ0n) is 15.0. The van der Waals surface area contributed by atoms with Crippen LogP contribution in [-0.4, -0.2) is 18.6 Å². The van der Waals surface area contributed by atoms with Gasteiger partial charge >= 0.3 is 0 Å². The fourth-order valence-electron chi connectivity index (χ4n) is 3.65. The van der Waals surface area contributed by atoms with Crippen molar-refractivity contribution in [3.63, 3.8) is 0 Å². The lowest BCUT2D eigenvalue weighted by Crippen LogP contribution is -2.29. The number of nitrogens with one attached hydrogen (secondary N) is 1. The Balaban J connectivity index is 1.54. The van der Waals surface area contributed by atoms with Gasteiger partial charge in [-0.1, -0.05) is 35.9 Å². The van der Waals surface area contributed by atoms with Crippen LogP contribution in [0.2, 0.25) is 5.02 Å². The van der Waals surface area contributed by atoms with Crippen LogP contribution in [0, 0.1) is 0 Å². The molecular weight excluding hydrogens is 348 g/mol. The summed E-state index contributed by atoms with van der Waals surface area (Å²) in [5.41, 5.74) is 7.63. The zero-order valence-corrected chi connectivity index (χ0v) is 15.7. The summed E-state index contributed by atoms with van der Waals surface area (Å²) in [5.74, 6) is 0.756. The van der Waals surface area contributed by atoms with E-state index in [1.54, 1.807) is 0 Å². The number of carbonyl (C=O) groups is 1. The molecule has 0 bridgehead atoms. The van der Waals surface area contributed by atoms with Crippen molar-refractivity contribution in [1.82, 2.24) is 5.32 Å². The van der Waals surface area contributed by atoms with E-state index in [0.717, 1.165) is 17.9 Å². The Labute approximate surface area is 159 Å². The Kier molecular flexibility index (Phi) is 6.17. The molecule has 2 aromatic carbocycles. The zero-order chi connectivity index (χ0) is 18.5. The number of hydrogen-bond acceptors (Lipinski definition) is 3. The standard InChI is InChI=1S/C21H25ClN2O2/c1-14(16-3-2-4-18(22)11-16)24-19-8-5-17(12-19)15-6-9-20(10-7-15)26-13-21(23)25/h2-4,6-7,9-11,14,17,19,24H,5,8,12-13H2,1H3,(H2,23,25)/t14-,17?,19-/m1/s1. The predicted octanol–water partition coefficient (Wildman–Crippen LogP) is 4.19. The van der Waals surface area contributed by atoms with Crippen molar-refractivity contribution in [2.45, 2.75) is 44.2 Å². The highest BCUT2D eigenvalue weighted by atomic mass is 35.5. The van der Waals surface area contributed by atoms with Crippen LogP contribution < -0.4 is 15.8 Å². The van der Waals surface area contributed by atoms with E-state index < -0.39 is 5.91 Å². The maximum atomic E-state index is 10.8. The normalized spacial score (nSPS) is 20.7. The molecule has 1 unspecified atom stereocenters. The van der Waals surface area contributed by atoms with Crippen LogP contribution in [0.25, 0.3) is 0 Å². The average Bonchev–Trinajstić information content (AvgIpc) is 3.09. The van der Waals surface area contributed by atoms with Crippen molar-refractivity contribution in [3.8, 4) is 5.75 Å². The Hall–Kier alpha value is -2.04. The van der Waals surface area contributed by atoms with Gasteiger partial charge in [-0.05, 0) is 67.5 Å². The molecule has 0 spiro atoms. The van der Waals surface area contributed by atoms with Crippen LogP contribution in [0.3, 0.4) is 0 Å². The summed E-state index contributed by atoms with van der Waals surface area (Å²) < 4.78 is 5.32. The minimum absolute atomic E-state index is 0.0871. The molecule has 0 aliphatic heterocycles. The van der Waals surface area contributed by atoms with E-state index in [9.17, 15) is 4.79 Å². The first-order valence-corrected chi connectivity index (χ1v) is 9.41. The molecule has 1 fully saturated rings. The Morgan fingerprint density at radius 2 is 2.04 bits per heavy atom. The summed E-state index contributed by atoms with van der Waals surface area (Å²) in [6.45, 7) is 2.10. The van der Waals surface area contributed by atoms with Crippen LogP contribution >= 0.6 is 11.6 Å². The topological polar surface area (TPSA) is 64.3 Å². The van der Waals surface area contributed by atoms with E-state index in [1.807, 2.05) is 30.3 Å². The molecule has 3 atom stereocenters. The molecule has 1 amide bonds. The van der Waals surface area contributed by atoms with E-state index in [-0.39, 0.29) is 12.6 Å². The Morgan fingerprint density at radius 3 is 2.73 bits per heavy atom. The first kappa shape index (κ1) is 18.7. The van der Waals surface area contributed by atoms with Crippen LogP contribution in [-0.2, 0) is 4.79 Å². The van der Waals surface area contributed by atoms with Crippen molar-refractivity contribution < 1.29 is 9.53 Å². The van der Waals surface area contributed by atoms with Crippen molar-refractivity contribution in [2.24, 2.45) is 5.73 Å². The molecule has 1 aliphatic rings. The first-order valence-electron chi connectivity index (χ1n) is 9.04. The monoisotopic (exact) mass is 372 g/mol. The van der Waals surface area contributed by atoms with Gasteiger partial charge in [0.1, 0.15) is 5.75 Å². The molecule has 2 aromatic rings. The van der Waals surface area contributed by atoms with Gasteiger partial charge in [-0.25, -0.2) is 0 Å². The SMILES string of the molecule is C[C@@H](N[C@@H]1CCC(c2ccc(OCC(N)=O)cc2)C1)c1cccc(Cl)c1. The highest BCUT2D eigenvalue weighted by Crippen LogP contribution is 2.36. The summed E-state index contributed by atoms with van der Waals surface area (Å²) in [7, 11) is 0. The van der Waals surface area contributed by atoms with Gasteiger partial charge in [0.2, 0.25) is 0 Å². The lowest BCUT2D eigenvalue weighted by Gasteiger charge is -2.20. The third kappa shape index (κ3) is 4.99. The maximum Gasteiger partial charge on any atom is 0.255 e. The highest BCUT2D eigenvalue weighted by Gasteiger charge is 2.27. The second-order valence-electron chi connectivity index (χ2n) is 6.97. The summed E-state index contributed by atoms with van der Waals surface area (Å²) in [6, 6.07) is 16.8. The number of primary amides is 1. The fraction of sp³-hybridized carbons (Fsp3) is 0.381. The van der Waals surface area contributed by atoms with E-state index in [4.69, 9.17) is 22.1 Å². The lowest BCUT2D eigenvalue weighted by atomic mass is 9.97. The number of hydrogen-bond donors (Lipinski definition) is 2. The minimum atomic E-state index is -0.465. The van der Waals surface area contributed by atoms with Crippen LogP contribution in [0.15, 0.2) is 48.5 Å². The lowest BCUT2D eigenvalue weighted by molar-refractivity contribution is -0.119. The smallest absolute Gasteiger partial charge is 0.255 e. The number of carbonyl (C=O) groups excluding carboxylic acids is 1. The molecule has 26 heavy (non-hydrogen) atoms. The molecule has 5 heteroatoms. The molecule has 1 saturated carbocycles. The van der Waals surface area contributed by atoms with Crippen molar-refractivity contribution in [1.29, 1.82) is 0 Å². The van der Waals surface area contributed by atoms with Gasteiger partial charge in [-0.3, -0.25) is 4.79 Å². The van der Waals surface area contributed by atoms with Gasteiger partial charge in [0, 0.05) is 17.1 Å². The number of ether oxygens (including phenoxy) is 1. The van der Waals surface area contributed by atoms with Crippen molar-refractivity contribution in [2.75, 3.05) is 6.61 Å². The average molecular weight is 373 g/mol. The fourth-order valence-corrected chi connectivity index (χ4v) is 3.85. The molecule has 0 heterocycles. The number of rotatable bonds is 7. The largest absolute Gasteiger partial charge is 0.484 e. The van der Waals surface area contributed by atoms with Gasteiger partial charge in [0.05, 0.1) is 0 Å². The maximum absolute atomic E-state index is 10.8. The minimum Gasteiger partial charge on any atom is -0.484 e. The second kappa shape index (κ2) is 8.56. The number of benzene rings is 2. The van der Waals surface area contributed by atoms with E-state index in [1.165, 1.54) is 17.5 Å². The predicted molar refractivity (Wildman–Crippen MR) is 105 cm³/mol. The van der Waals surface area contributed by atoms with Crippen LogP contribution in [0.5, 0.6) is 5.75 Å². The van der Waals surface area contributed by atoms with Gasteiger partial charge in [-0.15, -0.1) is 0 Å². The van der Waals surface area contributed by atoms with Gasteiger partial charge < -0.3 is 15.8 Å². The van der Waals surface area contributed by atoms with E-state index in [0.29, 0.717) is 17.7 Å². The van der Waals surface area contributed by atoms with Crippen molar-refractivity contribution >= 4 is 17.5 Å². The third-order valence-corrected chi connectivity index (χ3v) is 5.23. The quantitative estimate of drug-likeness (QED) is 0.765. The van der Waals surface area contributed by atoms with Crippen molar-refractivity contribution in [3.05, 3.63) is 64.7 Å². The number of amides is 1. The van der Waals surface area contributed by atoms with E-state index >= 15 is 0 Å². The summed E-state index contributed by atoms with van der Waals surface area (Å²) >= 11 is 6.10. The summed E-state index contributed by atoms with van der Waals surface area (Å²) in [5, 5.41) is 4.51. The molecule has 0 radical (unpaired) electrons. The van der Waals surface area contributed by atoms with Crippen LogP contribution in [0.4, 0.5) is 0 Å². The summed E-state index contributed by atoms with van der Waals surface area (Å²) in [6.07, 6.45) is 3.45. The second-order valence-corrected chi connectivity index (χ2v) is 7.41. The number of halogens is 1. The summed E-state index contributed by atoms with van der Waals surface area (Å²) in [4.78, 5) is 10.8. The van der Waals surface area contributed by atoms with E-state index in [2.05, 4.69) is 30.4 Å². The molecule has 1 aliphatic carbocycles. The molecular formula is C21H25ClN2O2. The highest BCUT2D eigenvalue weighted by molar-refractivity contribution is 6.30. The molecule has 0 aromatic heterocycles. The molecule has 3 rings (SSSR count). The third-order valence-electron chi connectivity index (χ3n) is 5.00. The molecule has 0 saturated heterocycles. The molecule has 4 nitrogen and oxygen atoms in total. The first-order chi connectivity index (χ1) is 12.5. The number of nitrogens with two attached hydrogens (primary N) is 1. The van der Waals surface area contributed by atoms with Gasteiger partial charge in [-0.2, -0.15) is 0 Å². The van der Waals surface area contributed by atoms with Gasteiger partial charge in [0.15, 0.2) is 6.61 Å². The molecule has 3 N–H and O–H groups in total. The molecule has 138 valence electrons. The van der Waals surface area contributed by atoms with Crippen LogP contribution in [0.1, 0.15) is 49.3 Å². The Bertz CT molecular complexity index is 748. The van der Waals surface area contributed by atoms with Gasteiger partial charge in [0.25, 0.3) is 5.91 Å². The Morgan fingerprint density at radius 1 is 1.27 bits per heavy atom.